The van der Waals surface area contributed by atoms with E-state index in [4.69, 9.17) is 9.84 Å². The van der Waals surface area contributed by atoms with E-state index in [1.165, 1.54) is 0 Å². The lowest BCUT2D eigenvalue weighted by molar-refractivity contribution is -0.143. The number of hydrogen-bond acceptors (Lipinski definition) is 4. The van der Waals surface area contributed by atoms with Crippen LogP contribution in [-0.2, 0) is 4.79 Å². The first-order chi connectivity index (χ1) is 17.5. The third-order valence-corrected chi connectivity index (χ3v) is 6.37. The molecule has 0 radical (unpaired) electrons. The Bertz CT molecular complexity index is 1190. The van der Waals surface area contributed by atoms with Crippen molar-refractivity contribution in [3.05, 3.63) is 90.0 Å². The first kappa shape index (κ1) is 25.0. The molecule has 0 aliphatic heterocycles. The summed E-state index contributed by atoms with van der Waals surface area (Å²) >= 11 is 0. The van der Waals surface area contributed by atoms with Gasteiger partial charge in [0.2, 0.25) is 0 Å². The van der Waals surface area contributed by atoms with Crippen molar-refractivity contribution >= 4 is 17.8 Å². The van der Waals surface area contributed by atoms with Crippen LogP contribution in [0.2, 0.25) is 0 Å². The Labute approximate surface area is 210 Å². The van der Waals surface area contributed by atoms with Gasteiger partial charge in [0.25, 0.3) is 11.8 Å². The highest BCUT2D eigenvalue weighted by Crippen LogP contribution is 2.28. The largest absolute Gasteiger partial charge is 0.490 e. The molecule has 1 aliphatic carbocycles. The number of amides is 2. The first-order valence-corrected chi connectivity index (χ1v) is 12.2. The molecule has 7 heteroatoms. The summed E-state index contributed by atoms with van der Waals surface area (Å²) < 4.78 is 5.95. The Balaban J connectivity index is 1.20. The second-order valence-corrected chi connectivity index (χ2v) is 8.91. The summed E-state index contributed by atoms with van der Waals surface area (Å²) in [6.07, 6.45) is 2.66. The lowest BCUT2D eigenvalue weighted by atomic mass is 9.87. The standard InChI is InChI=1S/C29H30N2O5/c32-27(21-9-13-25(14-10-21)36-26-15-11-22(12-16-26)29(34)35)30-17-18-31-28(33)24-8-4-7-23(19-24)20-5-2-1-3-6-20/h1-10,13-14,19,22,26H,11-12,15-18H2,(H,30,32)(H,31,33)(H,34,35)/t22-,26+. The Morgan fingerprint density at radius 2 is 1.33 bits per heavy atom. The van der Waals surface area contributed by atoms with Crippen LogP contribution in [0, 0.1) is 5.92 Å². The normalized spacial score (nSPS) is 17.1. The minimum absolute atomic E-state index is 0.00252. The number of carboxylic acids is 1. The minimum Gasteiger partial charge on any atom is -0.490 e. The molecule has 1 saturated carbocycles. The highest BCUT2D eigenvalue weighted by molar-refractivity contribution is 5.96. The van der Waals surface area contributed by atoms with Crippen molar-refractivity contribution in [2.75, 3.05) is 13.1 Å². The molecule has 2 amide bonds. The zero-order valence-corrected chi connectivity index (χ0v) is 20.0. The van der Waals surface area contributed by atoms with Crippen molar-refractivity contribution in [3.63, 3.8) is 0 Å². The number of rotatable bonds is 9. The number of hydrogen-bond donors (Lipinski definition) is 3. The monoisotopic (exact) mass is 486 g/mol. The third-order valence-electron chi connectivity index (χ3n) is 6.37. The van der Waals surface area contributed by atoms with Gasteiger partial charge in [-0.1, -0.05) is 42.5 Å². The number of carbonyl (C=O) groups is 3. The van der Waals surface area contributed by atoms with Crippen LogP contribution in [0.4, 0.5) is 0 Å². The van der Waals surface area contributed by atoms with Crippen LogP contribution in [0.5, 0.6) is 5.75 Å². The minimum atomic E-state index is -0.736. The van der Waals surface area contributed by atoms with Crippen LogP contribution in [0.15, 0.2) is 78.9 Å². The first-order valence-electron chi connectivity index (χ1n) is 12.2. The average molecular weight is 487 g/mol. The zero-order valence-electron chi connectivity index (χ0n) is 20.0. The van der Waals surface area contributed by atoms with Gasteiger partial charge in [-0.15, -0.1) is 0 Å². The van der Waals surface area contributed by atoms with Crippen LogP contribution in [0.3, 0.4) is 0 Å². The van der Waals surface area contributed by atoms with Crippen molar-refractivity contribution in [2.24, 2.45) is 5.92 Å². The Kier molecular flexibility index (Phi) is 8.34. The maximum atomic E-state index is 12.5. The molecule has 36 heavy (non-hydrogen) atoms. The molecule has 0 heterocycles. The quantitative estimate of drug-likeness (QED) is 0.385. The molecular formula is C29H30N2O5. The number of aliphatic carboxylic acids is 1. The number of ether oxygens (including phenoxy) is 1. The van der Waals surface area contributed by atoms with Gasteiger partial charge in [0.05, 0.1) is 12.0 Å². The molecular weight excluding hydrogens is 456 g/mol. The summed E-state index contributed by atoms with van der Waals surface area (Å²) in [5.41, 5.74) is 3.08. The van der Waals surface area contributed by atoms with Gasteiger partial charge in [-0.25, -0.2) is 0 Å². The van der Waals surface area contributed by atoms with E-state index in [1.807, 2.05) is 48.5 Å². The molecule has 1 aliphatic rings. The number of carbonyl (C=O) groups excluding carboxylic acids is 2. The highest BCUT2D eigenvalue weighted by Gasteiger charge is 2.26. The Hall–Kier alpha value is -4.13. The predicted molar refractivity (Wildman–Crippen MR) is 137 cm³/mol. The van der Waals surface area contributed by atoms with E-state index in [1.54, 1.807) is 30.3 Å². The van der Waals surface area contributed by atoms with Gasteiger partial charge in [-0.2, -0.15) is 0 Å². The van der Waals surface area contributed by atoms with Gasteiger partial charge in [-0.3, -0.25) is 14.4 Å². The van der Waals surface area contributed by atoms with Crippen molar-refractivity contribution in [3.8, 4) is 16.9 Å². The summed E-state index contributed by atoms with van der Waals surface area (Å²) in [5, 5.41) is 14.8. The number of carboxylic acid groups (broad SMARTS) is 1. The smallest absolute Gasteiger partial charge is 0.306 e. The molecule has 0 unspecified atom stereocenters. The maximum absolute atomic E-state index is 12.5. The van der Waals surface area contributed by atoms with Gasteiger partial charge >= 0.3 is 5.97 Å². The van der Waals surface area contributed by atoms with E-state index in [2.05, 4.69) is 10.6 Å². The van der Waals surface area contributed by atoms with Crippen molar-refractivity contribution in [1.82, 2.24) is 10.6 Å². The second-order valence-electron chi connectivity index (χ2n) is 8.91. The molecule has 3 aromatic rings. The lowest BCUT2D eigenvalue weighted by Crippen LogP contribution is -2.34. The van der Waals surface area contributed by atoms with Gasteiger partial charge in [-0.05, 0) is 73.2 Å². The highest BCUT2D eigenvalue weighted by atomic mass is 16.5. The van der Waals surface area contributed by atoms with Crippen molar-refractivity contribution < 1.29 is 24.2 Å². The summed E-state index contributed by atoms with van der Waals surface area (Å²) in [4.78, 5) is 36.0. The van der Waals surface area contributed by atoms with E-state index >= 15 is 0 Å². The fourth-order valence-corrected chi connectivity index (χ4v) is 4.33. The number of nitrogens with one attached hydrogen (secondary N) is 2. The Morgan fingerprint density at radius 1 is 0.722 bits per heavy atom. The molecule has 4 rings (SSSR count). The van der Waals surface area contributed by atoms with Crippen molar-refractivity contribution in [1.29, 1.82) is 0 Å². The van der Waals surface area contributed by atoms with Gasteiger partial charge in [0.1, 0.15) is 5.75 Å². The Morgan fingerprint density at radius 3 is 1.97 bits per heavy atom. The van der Waals surface area contributed by atoms with Crippen LogP contribution in [-0.4, -0.2) is 42.1 Å². The van der Waals surface area contributed by atoms with Crippen LogP contribution < -0.4 is 15.4 Å². The molecule has 0 aromatic heterocycles. The molecule has 0 bridgehead atoms. The number of benzene rings is 3. The molecule has 1 fully saturated rings. The van der Waals surface area contributed by atoms with Crippen LogP contribution in [0.1, 0.15) is 46.4 Å². The summed E-state index contributed by atoms with van der Waals surface area (Å²) in [7, 11) is 0. The SMILES string of the molecule is O=C(NCCNC(=O)c1cccc(-c2ccccc2)c1)c1ccc(O[C@H]2CC[C@@H](C(=O)O)CC2)cc1. The molecule has 7 nitrogen and oxygen atoms in total. The molecule has 3 aromatic carbocycles. The van der Waals surface area contributed by atoms with Gasteiger partial charge < -0.3 is 20.5 Å². The van der Waals surface area contributed by atoms with Gasteiger partial charge in [0, 0.05) is 24.2 Å². The molecule has 0 atom stereocenters. The van der Waals surface area contributed by atoms with E-state index < -0.39 is 5.97 Å². The van der Waals surface area contributed by atoms with Crippen LogP contribution >= 0.6 is 0 Å². The summed E-state index contributed by atoms with van der Waals surface area (Å²) in [5.74, 6) is -0.777. The lowest BCUT2D eigenvalue weighted by Gasteiger charge is -2.26. The van der Waals surface area contributed by atoms with Crippen LogP contribution in [0.25, 0.3) is 11.1 Å². The molecule has 0 saturated heterocycles. The maximum Gasteiger partial charge on any atom is 0.306 e. The summed E-state index contributed by atoms with van der Waals surface area (Å²) in [6.45, 7) is 0.606. The predicted octanol–water partition coefficient (Wildman–Crippen LogP) is 4.54. The average Bonchev–Trinajstić information content (AvgIpc) is 2.92. The fourth-order valence-electron chi connectivity index (χ4n) is 4.33. The van der Waals surface area contributed by atoms with Crippen molar-refractivity contribution in [2.45, 2.75) is 31.8 Å². The van der Waals surface area contributed by atoms with E-state index in [9.17, 15) is 14.4 Å². The third kappa shape index (κ3) is 6.72. The topological polar surface area (TPSA) is 105 Å². The second kappa shape index (κ2) is 12.0. The summed E-state index contributed by atoms with van der Waals surface area (Å²) in [6, 6.07) is 24.2. The fraction of sp³-hybridized carbons (Fsp3) is 0.276. The van der Waals surface area contributed by atoms with E-state index in [0.717, 1.165) is 11.1 Å². The molecule has 3 N–H and O–H groups in total. The molecule has 186 valence electrons. The van der Waals surface area contributed by atoms with E-state index in [0.29, 0.717) is 55.6 Å². The zero-order chi connectivity index (χ0) is 25.3. The van der Waals surface area contributed by atoms with E-state index in [-0.39, 0.29) is 23.8 Å². The molecule has 0 spiro atoms. The van der Waals surface area contributed by atoms with Gasteiger partial charge in [0.15, 0.2) is 0 Å².